The number of aryl methyl sites for hydroxylation is 1. The lowest BCUT2D eigenvalue weighted by atomic mass is 10.1. The average Bonchev–Trinajstić information content (AvgIpc) is 3.12. The van der Waals surface area contributed by atoms with Crippen molar-refractivity contribution in [3.8, 4) is 0 Å². The Morgan fingerprint density at radius 1 is 1.18 bits per heavy atom. The van der Waals surface area contributed by atoms with Crippen LogP contribution in [0.2, 0.25) is 5.15 Å². The summed E-state index contributed by atoms with van der Waals surface area (Å²) >= 11 is 6.14. The molecule has 5 rings (SSSR count). The van der Waals surface area contributed by atoms with Gasteiger partial charge in [-0.1, -0.05) is 11.6 Å². The number of fused-ring (bicyclic) bond motifs is 2. The topological polar surface area (TPSA) is 87.5 Å². The lowest BCUT2D eigenvalue weighted by Crippen LogP contribution is -2.54. The number of anilines is 2. The number of imidazole rings is 1. The second-order valence-electron chi connectivity index (χ2n) is 8.54. The number of nitrogens with one attached hydrogen (secondary N) is 2. The summed E-state index contributed by atoms with van der Waals surface area (Å²) < 4.78 is 16.0. The van der Waals surface area contributed by atoms with Gasteiger partial charge < -0.3 is 19.9 Å². The van der Waals surface area contributed by atoms with Crippen molar-refractivity contribution in [2.45, 2.75) is 32.9 Å². The Morgan fingerprint density at radius 3 is 2.70 bits per heavy atom. The minimum Gasteiger partial charge on any atom is -0.367 e. The van der Waals surface area contributed by atoms with Crippen molar-refractivity contribution < 1.29 is 9.18 Å². The first kappa shape index (κ1) is 21.5. The number of benzene rings is 1. The minimum atomic E-state index is -0.522. The molecule has 1 saturated heterocycles. The fraction of sp³-hybridized carbons (Fsp3) is 0.304. The van der Waals surface area contributed by atoms with E-state index in [4.69, 9.17) is 11.6 Å². The molecule has 33 heavy (non-hydrogen) atoms. The molecule has 0 spiro atoms. The summed E-state index contributed by atoms with van der Waals surface area (Å²) in [5, 5.41) is 6.47. The third kappa shape index (κ3) is 4.09. The molecule has 8 nitrogen and oxygen atoms in total. The Hall–Kier alpha value is -3.30. The normalized spacial score (nSPS) is 18.8. The number of halogens is 2. The van der Waals surface area contributed by atoms with Crippen molar-refractivity contribution in [1.82, 2.24) is 24.7 Å². The van der Waals surface area contributed by atoms with Gasteiger partial charge in [-0.3, -0.25) is 4.79 Å². The van der Waals surface area contributed by atoms with Crippen LogP contribution in [0.5, 0.6) is 0 Å². The van der Waals surface area contributed by atoms with E-state index in [2.05, 4.69) is 44.3 Å². The second-order valence-corrected chi connectivity index (χ2v) is 8.93. The number of amides is 1. The van der Waals surface area contributed by atoms with E-state index in [1.807, 2.05) is 6.07 Å². The van der Waals surface area contributed by atoms with Crippen LogP contribution in [0.15, 0.2) is 36.8 Å². The molecule has 2 N–H and O–H groups in total. The summed E-state index contributed by atoms with van der Waals surface area (Å²) in [7, 11) is 0. The average molecular weight is 468 g/mol. The predicted octanol–water partition coefficient (Wildman–Crippen LogP) is 3.82. The molecule has 1 aromatic carbocycles. The lowest BCUT2D eigenvalue weighted by Gasteiger charge is -2.38. The Labute approximate surface area is 194 Å². The van der Waals surface area contributed by atoms with E-state index in [1.165, 1.54) is 12.3 Å². The second kappa shape index (κ2) is 8.24. The van der Waals surface area contributed by atoms with Gasteiger partial charge in [-0.15, -0.1) is 0 Å². The molecule has 2 atom stereocenters. The molecule has 1 aliphatic rings. The molecule has 4 aromatic rings. The Kier molecular flexibility index (Phi) is 5.38. The molecule has 10 heteroatoms. The van der Waals surface area contributed by atoms with Crippen molar-refractivity contribution in [3.63, 3.8) is 0 Å². The van der Waals surface area contributed by atoms with E-state index in [1.54, 1.807) is 29.8 Å². The maximum absolute atomic E-state index is 14.5. The molecule has 1 amide bonds. The number of carbonyl (C=O) groups excluding carboxylic acids is 1. The zero-order valence-electron chi connectivity index (χ0n) is 18.4. The number of hydrogen-bond donors (Lipinski definition) is 2. The summed E-state index contributed by atoms with van der Waals surface area (Å²) in [5.74, 6) is -0.952. The fourth-order valence-corrected chi connectivity index (χ4v) is 4.60. The highest BCUT2D eigenvalue weighted by Crippen LogP contribution is 2.30. The molecular formula is C23H23ClFN7O. The van der Waals surface area contributed by atoms with Crippen LogP contribution >= 0.6 is 11.6 Å². The van der Waals surface area contributed by atoms with Gasteiger partial charge in [-0.05, 0) is 32.9 Å². The number of piperazine rings is 1. The molecule has 0 bridgehead atoms. The highest BCUT2D eigenvalue weighted by atomic mass is 35.5. The maximum Gasteiger partial charge on any atom is 0.257 e. The van der Waals surface area contributed by atoms with Crippen molar-refractivity contribution in [1.29, 1.82) is 0 Å². The quantitative estimate of drug-likeness (QED) is 0.476. The lowest BCUT2D eigenvalue weighted by molar-refractivity contribution is 0.102. The van der Waals surface area contributed by atoms with E-state index in [-0.39, 0.29) is 10.8 Å². The zero-order valence-corrected chi connectivity index (χ0v) is 19.2. The van der Waals surface area contributed by atoms with Gasteiger partial charge in [0.1, 0.15) is 16.2 Å². The smallest absolute Gasteiger partial charge is 0.257 e. The molecule has 4 heterocycles. The number of carbonyl (C=O) groups is 1. The van der Waals surface area contributed by atoms with Gasteiger partial charge in [-0.25, -0.2) is 19.3 Å². The van der Waals surface area contributed by atoms with Crippen molar-refractivity contribution in [2.24, 2.45) is 0 Å². The summed E-state index contributed by atoms with van der Waals surface area (Å²) in [5.41, 5.74) is 3.39. The molecule has 170 valence electrons. The van der Waals surface area contributed by atoms with Gasteiger partial charge in [0, 0.05) is 43.6 Å². The van der Waals surface area contributed by atoms with Gasteiger partial charge >= 0.3 is 0 Å². The largest absolute Gasteiger partial charge is 0.367 e. The fourth-order valence-electron chi connectivity index (χ4n) is 4.47. The minimum absolute atomic E-state index is 0.192. The van der Waals surface area contributed by atoms with E-state index in [0.717, 1.165) is 18.8 Å². The van der Waals surface area contributed by atoms with Crippen molar-refractivity contribution >= 4 is 45.6 Å². The Morgan fingerprint density at radius 2 is 1.94 bits per heavy atom. The SMILES string of the molecule is Cc1cn2cc(NC(=O)c3ccc(N4C[C@H](C)N[C@@H](C)C4)c4ncc(Cl)nc34)cc(F)c2n1. The molecule has 0 unspecified atom stereocenters. The van der Waals surface area contributed by atoms with E-state index in [9.17, 15) is 9.18 Å². The number of nitrogens with zero attached hydrogens (tertiary/aromatic N) is 5. The summed E-state index contributed by atoms with van der Waals surface area (Å²) in [4.78, 5) is 28.5. The van der Waals surface area contributed by atoms with Crippen LogP contribution in [0.3, 0.4) is 0 Å². The van der Waals surface area contributed by atoms with E-state index < -0.39 is 11.7 Å². The summed E-state index contributed by atoms with van der Waals surface area (Å²) in [6.07, 6.45) is 4.79. The predicted molar refractivity (Wildman–Crippen MR) is 127 cm³/mol. The van der Waals surface area contributed by atoms with Gasteiger partial charge in [0.15, 0.2) is 11.5 Å². The zero-order chi connectivity index (χ0) is 23.3. The van der Waals surface area contributed by atoms with Crippen LogP contribution in [0.25, 0.3) is 16.7 Å². The number of aromatic nitrogens is 4. The van der Waals surface area contributed by atoms with Gasteiger partial charge in [0.2, 0.25) is 0 Å². The molecule has 1 fully saturated rings. The first-order valence-corrected chi connectivity index (χ1v) is 11.1. The third-order valence-electron chi connectivity index (χ3n) is 5.68. The molecule has 1 aliphatic heterocycles. The van der Waals surface area contributed by atoms with Crippen LogP contribution in [-0.4, -0.2) is 50.4 Å². The van der Waals surface area contributed by atoms with Crippen LogP contribution in [0, 0.1) is 12.7 Å². The van der Waals surface area contributed by atoms with Gasteiger partial charge in [-0.2, -0.15) is 0 Å². The van der Waals surface area contributed by atoms with E-state index in [0.29, 0.717) is 40.1 Å². The van der Waals surface area contributed by atoms with Crippen LogP contribution < -0.4 is 15.5 Å². The Balaban J connectivity index is 1.53. The number of rotatable bonds is 3. The number of pyridine rings is 1. The molecular weight excluding hydrogens is 445 g/mol. The van der Waals surface area contributed by atoms with Gasteiger partial charge in [0.25, 0.3) is 5.91 Å². The molecule has 0 aliphatic carbocycles. The standard InChI is InChI=1S/C23H23ClFN7O/c1-12-8-31(9-13(2)27-12)18-5-4-16(20-21(18)26-7-19(24)30-20)23(33)29-15-6-17(25)22-28-14(3)10-32(22)11-15/h4-7,10-13,27H,8-9H2,1-3H3,(H,29,33)/t12-,13-/m0/s1. The number of hydrogen-bond acceptors (Lipinski definition) is 6. The monoisotopic (exact) mass is 467 g/mol. The third-order valence-corrected chi connectivity index (χ3v) is 5.86. The van der Waals surface area contributed by atoms with Crippen LogP contribution in [0.4, 0.5) is 15.8 Å². The highest BCUT2D eigenvalue weighted by Gasteiger charge is 2.25. The van der Waals surface area contributed by atoms with Crippen molar-refractivity contribution in [3.05, 3.63) is 59.0 Å². The molecule has 0 radical (unpaired) electrons. The first-order valence-electron chi connectivity index (χ1n) is 10.7. The van der Waals surface area contributed by atoms with Crippen molar-refractivity contribution in [2.75, 3.05) is 23.3 Å². The molecule has 3 aromatic heterocycles. The molecule has 0 saturated carbocycles. The summed E-state index contributed by atoms with van der Waals surface area (Å²) in [6, 6.07) is 5.46. The maximum atomic E-state index is 14.5. The van der Waals surface area contributed by atoms with Gasteiger partial charge in [0.05, 0.1) is 28.8 Å². The first-order chi connectivity index (χ1) is 15.8. The van der Waals surface area contributed by atoms with E-state index >= 15 is 0 Å². The highest BCUT2D eigenvalue weighted by molar-refractivity contribution is 6.29. The summed E-state index contributed by atoms with van der Waals surface area (Å²) in [6.45, 7) is 7.65. The van der Waals surface area contributed by atoms with Crippen LogP contribution in [-0.2, 0) is 0 Å². The Bertz CT molecular complexity index is 1380. The van der Waals surface area contributed by atoms with Crippen LogP contribution in [0.1, 0.15) is 29.9 Å².